The molecule has 146 valence electrons. The first-order chi connectivity index (χ1) is 12.3. The van der Waals surface area contributed by atoms with Gasteiger partial charge in [-0.15, -0.1) is 0 Å². The minimum atomic E-state index is 0.400. The van der Waals surface area contributed by atoms with Crippen molar-refractivity contribution in [3.8, 4) is 0 Å². The molecule has 0 N–H and O–H groups in total. The largest absolute Gasteiger partial charge is 0.343 e. The van der Waals surface area contributed by atoms with E-state index in [0.717, 1.165) is 25.9 Å². The molecule has 0 aromatic heterocycles. The molecule has 25 heavy (non-hydrogen) atoms. The molecule has 2 heteroatoms. The SMILES string of the molecule is CCCCCC=CCCCCCCCCCCCC(=O)N1CCCC1. The van der Waals surface area contributed by atoms with Gasteiger partial charge in [-0.1, -0.05) is 76.9 Å². The minimum absolute atomic E-state index is 0.400. The lowest BCUT2D eigenvalue weighted by Crippen LogP contribution is -2.27. The first-order valence-electron chi connectivity index (χ1n) is 11.3. The van der Waals surface area contributed by atoms with E-state index in [1.807, 2.05) is 0 Å². The van der Waals surface area contributed by atoms with Crippen molar-refractivity contribution in [2.45, 2.75) is 116 Å². The number of carbonyl (C=O) groups excluding carboxylic acids is 1. The van der Waals surface area contributed by atoms with Crippen LogP contribution in [0.2, 0.25) is 0 Å². The predicted octanol–water partition coefficient (Wildman–Crippen LogP) is 7.04. The van der Waals surface area contributed by atoms with Gasteiger partial charge in [-0.3, -0.25) is 4.79 Å². The van der Waals surface area contributed by atoms with Crippen LogP contribution < -0.4 is 0 Å². The summed E-state index contributed by atoms with van der Waals surface area (Å²) >= 11 is 0. The maximum atomic E-state index is 11.9. The fourth-order valence-electron chi connectivity index (χ4n) is 3.65. The average Bonchev–Trinajstić information content (AvgIpc) is 3.16. The monoisotopic (exact) mass is 349 g/mol. The van der Waals surface area contributed by atoms with Crippen molar-refractivity contribution in [3.63, 3.8) is 0 Å². The van der Waals surface area contributed by atoms with Gasteiger partial charge in [0.2, 0.25) is 5.91 Å². The molecule has 1 aliphatic heterocycles. The molecule has 1 amide bonds. The fourth-order valence-corrected chi connectivity index (χ4v) is 3.65. The molecular weight excluding hydrogens is 306 g/mol. The third-order valence-electron chi connectivity index (χ3n) is 5.36. The summed E-state index contributed by atoms with van der Waals surface area (Å²) in [6.07, 6.45) is 26.5. The molecule has 0 aromatic rings. The lowest BCUT2D eigenvalue weighted by molar-refractivity contribution is -0.130. The van der Waals surface area contributed by atoms with Crippen LogP contribution in [0.4, 0.5) is 0 Å². The van der Waals surface area contributed by atoms with Gasteiger partial charge in [0, 0.05) is 19.5 Å². The van der Waals surface area contributed by atoms with Crippen LogP contribution in [0.5, 0.6) is 0 Å². The highest BCUT2D eigenvalue weighted by Gasteiger charge is 2.16. The van der Waals surface area contributed by atoms with Gasteiger partial charge in [-0.2, -0.15) is 0 Å². The van der Waals surface area contributed by atoms with E-state index in [1.54, 1.807) is 0 Å². The van der Waals surface area contributed by atoms with Gasteiger partial charge < -0.3 is 4.90 Å². The van der Waals surface area contributed by atoms with Crippen LogP contribution in [0.15, 0.2) is 12.2 Å². The van der Waals surface area contributed by atoms with Gasteiger partial charge in [-0.05, 0) is 44.9 Å². The van der Waals surface area contributed by atoms with Crippen LogP contribution in [0.3, 0.4) is 0 Å². The predicted molar refractivity (Wildman–Crippen MR) is 110 cm³/mol. The third kappa shape index (κ3) is 13.1. The topological polar surface area (TPSA) is 20.3 Å². The van der Waals surface area contributed by atoms with Crippen LogP contribution in [0.25, 0.3) is 0 Å². The Morgan fingerprint density at radius 3 is 1.76 bits per heavy atom. The van der Waals surface area contributed by atoms with Crippen molar-refractivity contribution in [3.05, 3.63) is 12.2 Å². The molecule has 0 saturated carbocycles. The Balaban J connectivity index is 1.73. The normalized spacial score (nSPS) is 14.7. The zero-order chi connectivity index (χ0) is 18.0. The number of carbonyl (C=O) groups is 1. The van der Waals surface area contributed by atoms with Gasteiger partial charge in [-0.25, -0.2) is 0 Å². The fraction of sp³-hybridized carbons (Fsp3) is 0.870. The molecule has 0 radical (unpaired) electrons. The highest BCUT2D eigenvalue weighted by molar-refractivity contribution is 5.76. The van der Waals surface area contributed by atoms with E-state index in [0.29, 0.717) is 5.91 Å². The summed E-state index contributed by atoms with van der Waals surface area (Å²) in [7, 11) is 0. The van der Waals surface area contributed by atoms with Gasteiger partial charge in [0.25, 0.3) is 0 Å². The van der Waals surface area contributed by atoms with E-state index in [2.05, 4.69) is 24.0 Å². The number of amides is 1. The zero-order valence-electron chi connectivity index (χ0n) is 16.9. The second-order valence-electron chi connectivity index (χ2n) is 7.78. The summed E-state index contributed by atoms with van der Waals surface area (Å²) in [5, 5.41) is 0. The summed E-state index contributed by atoms with van der Waals surface area (Å²) in [4.78, 5) is 14.0. The Kier molecular flexibility index (Phi) is 14.8. The Morgan fingerprint density at radius 2 is 1.20 bits per heavy atom. The van der Waals surface area contributed by atoms with Crippen LogP contribution in [0.1, 0.15) is 116 Å². The molecule has 1 rings (SSSR count). The Labute approximate surface area is 157 Å². The first-order valence-corrected chi connectivity index (χ1v) is 11.3. The number of nitrogens with zero attached hydrogens (tertiary/aromatic N) is 1. The zero-order valence-corrected chi connectivity index (χ0v) is 16.9. The Morgan fingerprint density at radius 1 is 0.720 bits per heavy atom. The lowest BCUT2D eigenvalue weighted by atomic mass is 10.1. The molecular formula is C23H43NO. The van der Waals surface area contributed by atoms with Gasteiger partial charge in [0.1, 0.15) is 0 Å². The van der Waals surface area contributed by atoms with Crippen LogP contribution in [0, 0.1) is 0 Å². The van der Waals surface area contributed by atoms with E-state index in [4.69, 9.17) is 0 Å². The molecule has 1 heterocycles. The molecule has 0 unspecified atom stereocenters. The van der Waals surface area contributed by atoms with E-state index < -0.39 is 0 Å². The van der Waals surface area contributed by atoms with Crippen LogP contribution in [-0.4, -0.2) is 23.9 Å². The molecule has 1 aliphatic rings. The molecule has 0 spiro atoms. The van der Waals surface area contributed by atoms with Crippen molar-refractivity contribution in [1.82, 2.24) is 4.90 Å². The van der Waals surface area contributed by atoms with Gasteiger partial charge in [0.05, 0.1) is 0 Å². The summed E-state index contributed by atoms with van der Waals surface area (Å²) in [6.45, 7) is 4.28. The summed E-state index contributed by atoms with van der Waals surface area (Å²) < 4.78 is 0. The number of hydrogen-bond donors (Lipinski definition) is 0. The van der Waals surface area contributed by atoms with Crippen molar-refractivity contribution in [2.75, 3.05) is 13.1 Å². The summed E-state index contributed by atoms with van der Waals surface area (Å²) in [6, 6.07) is 0. The van der Waals surface area contributed by atoms with Crippen molar-refractivity contribution < 1.29 is 4.79 Å². The lowest BCUT2D eigenvalue weighted by Gasteiger charge is -2.14. The second kappa shape index (κ2) is 16.7. The molecule has 1 fully saturated rings. The average molecular weight is 350 g/mol. The van der Waals surface area contributed by atoms with E-state index in [-0.39, 0.29) is 0 Å². The minimum Gasteiger partial charge on any atom is -0.343 e. The van der Waals surface area contributed by atoms with Crippen molar-refractivity contribution in [1.29, 1.82) is 0 Å². The van der Waals surface area contributed by atoms with E-state index >= 15 is 0 Å². The number of rotatable bonds is 16. The standard InChI is InChI=1S/C23H43NO/c1-2-3-4-5-6-7-8-9-10-11-12-13-14-15-16-17-20-23(25)24-21-18-19-22-24/h6-7H,2-5,8-22H2,1H3. The van der Waals surface area contributed by atoms with Crippen LogP contribution >= 0.6 is 0 Å². The summed E-state index contributed by atoms with van der Waals surface area (Å²) in [5.41, 5.74) is 0. The van der Waals surface area contributed by atoms with E-state index in [1.165, 1.54) is 96.3 Å². The molecule has 0 aromatic carbocycles. The molecule has 2 nitrogen and oxygen atoms in total. The quantitative estimate of drug-likeness (QED) is 0.216. The van der Waals surface area contributed by atoms with Gasteiger partial charge in [0.15, 0.2) is 0 Å². The molecule has 1 saturated heterocycles. The number of hydrogen-bond acceptors (Lipinski definition) is 1. The molecule has 0 atom stereocenters. The second-order valence-corrected chi connectivity index (χ2v) is 7.78. The molecule has 0 bridgehead atoms. The van der Waals surface area contributed by atoms with Gasteiger partial charge >= 0.3 is 0 Å². The van der Waals surface area contributed by atoms with Crippen LogP contribution in [-0.2, 0) is 4.79 Å². The Bertz CT molecular complexity index is 331. The van der Waals surface area contributed by atoms with Crippen molar-refractivity contribution >= 4 is 5.91 Å². The van der Waals surface area contributed by atoms with E-state index in [9.17, 15) is 4.79 Å². The number of allylic oxidation sites excluding steroid dienone is 2. The smallest absolute Gasteiger partial charge is 0.222 e. The maximum absolute atomic E-state index is 11.9. The highest BCUT2D eigenvalue weighted by Crippen LogP contribution is 2.14. The maximum Gasteiger partial charge on any atom is 0.222 e. The Hall–Kier alpha value is -0.790. The number of unbranched alkanes of at least 4 members (excludes halogenated alkanes) is 12. The number of likely N-dealkylation sites (tertiary alicyclic amines) is 1. The summed E-state index contributed by atoms with van der Waals surface area (Å²) in [5.74, 6) is 0.400. The highest BCUT2D eigenvalue weighted by atomic mass is 16.2. The molecule has 0 aliphatic carbocycles. The van der Waals surface area contributed by atoms with Crippen molar-refractivity contribution in [2.24, 2.45) is 0 Å². The third-order valence-corrected chi connectivity index (χ3v) is 5.36. The first kappa shape index (κ1) is 22.3.